The number of hydrogen-bond acceptors (Lipinski definition) is 3. The van der Waals surface area contributed by atoms with E-state index in [4.69, 9.17) is 5.11 Å². The fourth-order valence-corrected chi connectivity index (χ4v) is 2.73. The van der Waals surface area contributed by atoms with Gasteiger partial charge in [0.1, 0.15) is 5.82 Å². The molecule has 104 valence electrons. The highest BCUT2D eigenvalue weighted by Crippen LogP contribution is 2.19. The lowest BCUT2D eigenvalue weighted by atomic mass is 10.1. The van der Waals surface area contributed by atoms with Gasteiger partial charge in [0.25, 0.3) is 0 Å². The Balaban J connectivity index is 3.36. The van der Waals surface area contributed by atoms with Crippen LogP contribution < -0.4 is 4.72 Å². The summed E-state index contributed by atoms with van der Waals surface area (Å²) in [7, 11) is -3.92. The molecule has 5 nitrogen and oxygen atoms in total. The van der Waals surface area contributed by atoms with E-state index >= 15 is 0 Å². The largest absolute Gasteiger partial charge is 0.478 e. The second-order valence-electron chi connectivity index (χ2n) is 4.05. The van der Waals surface area contributed by atoms with Gasteiger partial charge in [0.05, 0.1) is 10.5 Å². The first-order valence-electron chi connectivity index (χ1n) is 5.37. The van der Waals surface area contributed by atoms with Gasteiger partial charge in [-0.3, -0.25) is 0 Å². The summed E-state index contributed by atoms with van der Waals surface area (Å²) < 4.78 is 39.7. The van der Waals surface area contributed by atoms with Crippen molar-refractivity contribution in [3.8, 4) is 0 Å². The molecule has 0 aliphatic carbocycles. The number of benzene rings is 1. The molecule has 0 radical (unpaired) electrons. The lowest BCUT2D eigenvalue weighted by Gasteiger charge is -2.12. The molecule has 1 aromatic carbocycles. The maximum Gasteiger partial charge on any atom is 0.338 e. The molecule has 0 aliphatic heterocycles. The topological polar surface area (TPSA) is 83.5 Å². The first kappa shape index (κ1) is 15.3. The third-order valence-electron chi connectivity index (χ3n) is 2.46. The van der Waals surface area contributed by atoms with Crippen molar-refractivity contribution in [2.75, 3.05) is 0 Å². The highest BCUT2D eigenvalue weighted by Gasteiger charge is 2.21. The average Bonchev–Trinajstić information content (AvgIpc) is 2.31. The van der Waals surface area contributed by atoms with Crippen LogP contribution in [0.4, 0.5) is 4.39 Å². The first-order valence-corrected chi connectivity index (χ1v) is 6.85. The normalized spacial score (nSPS) is 13.0. The monoisotopic (exact) mass is 287 g/mol. The van der Waals surface area contributed by atoms with Crippen LogP contribution >= 0.6 is 0 Å². The Labute approximate surface area is 110 Å². The molecule has 19 heavy (non-hydrogen) atoms. The minimum Gasteiger partial charge on any atom is -0.478 e. The molecule has 0 bridgehead atoms. The van der Waals surface area contributed by atoms with Gasteiger partial charge in [-0.2, -0.15) is 0 Å². The van der Waals surface area contributed by atoms with Crippen molar-refractivity contribution >= 4 is 16.0 Å². The maximum atomic E-state index is 13.5. The van der Waals surface area contributed by atoms with Gasteiger partial charge in [0, 0.05) is 6.04 Å². The van der Waals surface area contributed by atoms with Crippen LogP contribution in [0.2, 0.25) is 0 Å². The summed E-state index contributed by atoms with van der Waals surface area (Å²) in [6.07, 6.45) is 1.38. The minimum atomic E-state index is -3.92. The van der Waals surface area contributed by atoms with Crippen molar-refractivity contribution in [2.24, 2.45) is 0 Å². The SMILES string of the molecule is C=CC(C)NS(=O)(=O)c1cc(C)c(F)c(C(=O)O)c1. The molecule has 1 unspecified atom stereocenters. The highest BCUT2D eigenvalue weighted by atomic mass is 32.2. The van der Waals surface area contributed by atoms with Gasteiger partial charge in [-0.1, -0.05) is 6.08 Å². The molecule has 0 spiro atoms. The number of carboxylic acid groups (broad SMARTS) is 1. The molecule has 0 saturated carbocycles. The molecule has 1 atom stereocenters. The number of nitrogens with one attached hydrogen (secondary N) is 1. The summed E-state index contributed by atoms with van der Waals surface area (Å²) >= 11 is 0. The van der Waals surface area contributed by atoms with Gasteiger partial charge in [-0.15, -0.1) is 6.58 Å². The van der Waals surface area contributed by atoms with E-state index in [0.29, 0.717) is 0 Å². The number of aryl methyl sites for hydroxylation is 1. The van der Waals surface area contributed by atoms with Crippen LogP contribution in [0.5, 0.6) is 0 Å². The van der Waals surface area contributed by atoms with Crippen LogP contribution in [0, 0.1) is 12.7 Å². The Kier molecular flexibility index (Phi) is 4.43. The van der Waals surface area contributed by atoms with Crippen molar-refractivity contribution in [3.63, 3.8) is 0 Å². The number of halogens is 1. The van der Waals surface area contributed by atoms with Crippen LogP contribution in [0.3, 0.4) is 0 Å². The molecule has 2 N–H and O–H groups in total. The van der Waals surface area contributed by atoms with Gasteiger partial charge >= 0.3 is 5.97 Å². The zero-order valence-corrected chi connectivity index (χ0v) is 11.3. The predicted octanol–water partition coefficient (Wildman–Crippen LogP) is 1.69. The number of hydrogen-bond donors (Lipinski definition) is 2. The molecule has 0 fully saturated rings. The molecular formula is C12H14FNO4S. The number of aromatic carboxylic acids is 1. The van der Waals surface area contributed by atoms with Gasteiger partial charge in [-0.05, 0) is 31.5 Å². The Morgan fingerprint density at radius 3 is 2.58 bits per heavy atom. The molecule has 0 aliphatic rings. The van der Waals surface area contributed by atoms with Crippen molar-refractivity contribution in [3.05, 3.63) is 41.7 Å². The smallest absolute Gasteiger partial charge is 0.338 e. The average molecular weight is 287 g/mol. The Morgan fingerprint density at radius 2 is 2.11 bits per heavy atom. The van der Waals surface area contributed by atoms with Gasteiger partial charge in [0.2, 0.25) is 10.0 Å². The highest BCUT2D eigenvalue weighted by molar-refractivity contribution is 7.89. The lowest BCUT2D eigenvalue weighted by molar-refractivity contribution is 0.0691. The van der Waals surface area contributed by atoms with Gasteiger partial charge in [0.15, 0.2) is 0 Å². The summed E-state index contributed by atoms with van der Waals surface area (Å²) in [6, 6.07) is 1.35. The fourth-order valence-electron chi connectivity index (χ4n) is 1.41. The van der Waals surface area contributed by atoms with Crippen LogP contribution in [0.15, 0.2) is 29.7 Å². The molecule has 0 aromatic heterocycles. The molecule has 1 rings (SSSR count). The molecule has 0 saturated heterocycles. The van der Waals surface area contributed by atoms with Crippen molar-refractivity contribution < 1.29 is 22.7 Å². The van der Waals surface area contributed by atoms with Crippen LogP contribution in [-0.2, 0) is 10.0 Å². The summed E-state index contributed by atoms with van der Waals surface area (Å²) in [5.74, 6) is -2.46. The Hall–Kier alpha value is -1.73. The van der Waals surface area contributed by atoms with E-state index in [1.807, 2.05) is 0 Å². The van der Waals surface area contributed by atoms with E-state index in [-0.39, 0.29) is 10.5 Å². The van der Waals surface area contributed by atoms with E-state index in [1.54, 1.807) is 6.92 Å². The predicted molar refractivity (Wildman–Crippen MR) is 68.1 cm³/mol. The quantitative estimate of drug-likeness (QED) is 0.807. The maximum absolute atomic E-state index is 13.5. The van der Waals surface area contributed by atoms with E-state index in [2.05, 4.69) is 11.3 Å². The van der Waals surface area contributed by atoms with Crippen LogP contribution in [0.25, 0.3) is 0 Å². The van der Waals surface area contributed by atoms with Crippen LogP contribution in [0.1, 0.15) is 22.8 Å². The van der Waals surface area contributed by atoms with Crippen molar-refractivity contribution in [2.45, 2.75) is 24.8 Å². The first-order chi connectivity index (χ1) is 8.69. The van der Waals surface area contributed by atoms with E-state index in [9.17, 15) is 17.6 Å². The third kappa shape index (κ3) is 3.39. The second kappa shape index (κ2) is 5.50. The standard InChI is InChI=1S/C12H14FNO4S/c1-4-8(3)14-19(17,18)9-5-7(2)11(13)10(6-9)12(15)16/h4-6,8,14H,1H2,2-3H3,(H,15,16). The van der Waals surface area contributed by atoms with E-state index in [1.165, 1.54) is 13.0 Å². The van der Waals surface area contributed by atoms with Gasteiger partial charge < -0.3 is 5.11 Å². The molecule has 1 aromatic rings. The molecule has 0 heterocycles. The van der Waals surface area contributed by atoms with E-state index < -0.39 is 33.4 Å². The summed E-state index contributed by atoms with van der Waals surface area (Å²) in [6.45, 7) is 6.31. The van der Waals surface area contributed by atoms with Crippen molar-refractivity contribution in [1.82, 2.24) is 4.72 Å². The number of sulfonamides is 1. The number of carbonyl (C=O) groups is 1. The second-order valence-corrected chi connectivity index (χ2v) is 5.77. The molecule has 0 amide bonds. The van der Waals surface area contributed by atoms with Crippen LogP contribution in [-0.4, -0.2) is 25.5 Å². The summed E-state index contributed by atoms with van der Waals surface area (Å²) in [5.41, 5.74) is -0.724. The Bertz CT molecular complexity index is 625. The fraction of sp³-hybridized carbons (Fsp3) is 0.250. The minimum absolute atomic E-state index is 0.0495. The molecule has 7 heteroatoms. The summed E-state index contributed by atoms with van der Waals surface area (Å²) in [4.78, 5) is 10.6. The lowest BCUT2D eigenvalue weighted by Crippen LogP contribution is -2.31. The van der Waals surface area contributed by atoms with Crippen molar-refractivity contribution in [1.29, 1.82) is 0 Å². The Morgan fingerprint density at radius 1 is 1.53 bits per heavy atom. The number of rotatable bonds is 5. The zero-order valence-electron chi connectivity index (χ0n) is 10.5. The number of carboxylic acids is 1. The van der Waals surface area contributed by atoms with E-state index in [0.717, 1.165) is 12.1 Å². The zero-order chi connectivity index (χ0) is 14.8. The molecular weight excluding hydrogens is 273 g/mol. The third-order valence-corrected chi connectivity index (χ3v) is 4.00. The summed E-state index contributed by atoms with van der Waals surface area (Å²) in [5, 5.41) is 8.84. The van der Waals surface area contributed by atoms with Gasteiger partial charge in [-0.25, -0.2) is 22.3 Å².